The van der Waals surface area contributed by atoms with Gasteiger partial charge in [-0.2, -0.15) is 0 Å². The fourth-order valence-corrected chi connectivity index (χ4v) is 9.28. The Morgan fingerprint density at radius 2 is 0.785 bits per heavy atom. The van der Waals surface area contributed by atoms with Crippen molar-refractivity contribution >= 4 is 5.91 Å². The zero-order valence-corrected chi connectivity index (χ0v) is 50.1. The minimum absolute atomic E-state index is 0.153. The lowest BCUT2D eigenvalue weighted by molar-refractivity contribution is -0.302. The van der Waals surface area contributed by atoms with Gasteiger partial charge in [0.15, 0.2) is 6.29 Å². The van der Waals surface area contributed by atoms with Crippen molar-refractivity contribution in [2.24, 2.45) is 0 Å². The Hall–Kier alpha value is -3.67. The SMILES string of the molecule is CC/C=C\C/C=C\C/C=C\C/C=C\C/C=C\C/C=C\C/C=C\C/C=C\C/C=C\C/C=C\C/C=C\CCCCCCCC(=O)NC(COC1OC(CO)C(O)C(O)C1O)C(O)CCCCCCCCCCCCCCCCCCC. The number of carbonyl (C=O) groups is 1. The number of aliphatic hydroxyl groups is 5. The Bertz CT molecular complexity index is 1700. The molecule has 1 rings (SSSR count). The van der Waals surface area contributed by atoms with E-state index in [0.717, 1.165) is 128 Å². The molecule has 1 heterocycles. The number of carbonyl (C=O) groups excluding carboxylic acids is 1. The van der Waals surface area contributed by atoms with Gasteiger partial charge in [0.1, 0.15) is 24.4 Å². The van der Waals surface area contributed by atoms with Gasteiger partial charge < -0.3 is 40.3 Å². The quantitative estimate of drug-likeness (QED) is 0.0261. The first-order valence-electron chi connectivity index (χ1n) is 31.9. The van der Waals surface area contributed by atoms with E-state index >= 15 is 0 Å². The van der Waals surface area contributed by atoms with E-state index in [1.807, 2.05) is 0 Å². The van der Waals surface area contributed by atoms with Crippen molar-refractivity contribution in [3.8, 4) is 0 Å². The zero-order chi connectivity index (χ0) is 57.2. The summed E-state index contributed by atoms with van der Waals surface area (Å²) in [5, 5.41) is 54.7. The highest BCUT2D eigenvalue weighted by molar-refractivity contribution is 5.76. The van der Waals surface area contributed by atoms with Crippen LogP contribution in [0.4, 0.5) is 0 Å². The number of allylic oxidation sites excluding steroid dienone is 22. The highest BCUT2D eigenvalue weighted by atomic mass is 16.7. The summed E-state index contributed by atoms with van der Waals surface area (Å²) in [5.74, 6) is -0.167. The zero-order valence-electron chi connectivity index (χ0n) is 50.1. The molecule has 1 saturated heterocycles. The molecule has 1 amide bonds. The Balaban J connectivity index is 2.19. The lowest BCUT2D eigenvalue weighted by atomic mass is 9.99. The maximum atomic E-state index is 13.1. The lowest BCUT2D eigenvalue weighted by Gasteiger charge is -2.40. The van der Waals surface area contributed by atoms with Crippen molar-refractivity contribution < 1.29 is 39.8 Å². The Kier molecular flexibility index (Phi) is 53.4. The molecule has 0 aromatic heterocycles. The Morgan fingerprint density at radius 3 is 1.16 bits per heavy atom. The minimum atomic E-state index is -1.57. The molecule has 9 heteroatoms. The van der Waals surface area contributed by atoms with Crippen LogP contribution in [0.5, 0.6) is 0 Å². The molecule has 0 bridgehead atoms. The van der Waals surface area contributed by atoms with Crippen LogP contribution in [-0.4, -0.2) is 87.5 Å². The standard InChI is InChI=1S/C70H117NO8/c1-3-5-7-9-11-13-15-17-19-21-22-23-24-25-26-27-28-29-30-31-32-33-34-35-36-37-38-39-40-41-42-44-46-48-50-52-54-56-58-60-66(74)71-63(62-78-70-69(77)68(76)67(75)65(61-72)79-70)64(73)59-57-55-53-51-49-47-45-43-20-18-16-14-12-10-8-6-4-2/h5,7,11,13,17,19,22-23,25-26,28-29,31-32,34-35,37-38,40-41,44,46,63-65,67-70,72-73,75-77H,3-4,6,8-10,12,14-16,18,20-21,24,27,30,33,36,39,42-43,45,47-62H2,1-2H3,(H,71,74)/b7-5-,13-11-,19-17-,23-22-,26-25-,29-28-,32-31-,35-34-,38-37-,41-40-,46-44-. The molecule has 0 aliphatic carbocycles. The number of hydrogen-bond donors (Lipinski definition) is 6. The molecular formula is C70H117NO8. The second-order valence-corrected chi connectivity index (χ2v) is 21.5. The van der Waals surface area contributed by atoms with Crippen molar-refractivity contribution in [2.45, 2.75) is 288 Å². The topological polar surface area (TPSA) is 149 Å². The predicted molar refractivity (Wildman–Crippen MR) is 336 cm³/mol. The average Bonchev–Trinajstić information content (AvgIpc) is 3.48. The summed E-state index contributed by atoms with van der Waals surface area (Å²) in [6, 6.07) is -0.740. The average molecular weight is 1100 g/mol. The van der Waals surface area contributed by atoms with Gasteiger partial charge >= 0.3 is 0 Å². The first-order chi connectivity index (χ1) is 38.8. The molecule has 1 fully saturated rings. The van der Waals surface area contributed by atoms with Gasteiger partial charge in [-0.05, 0) is 96.3 Å². The molecule has 7 atom stereocenters. The number of rotatable bonds is 53. The number of hydrogen-bond acceptors (Lipinski definition) is 8. The molecule has 6 N–H and O–H groups in total. The van der Waals surface area contributed by atoms with Gasteiger partial charge in [-0.1, -0.05) is 276 Å². The van der Waals surface area contributed by atoms with E-state index in [2.05, 4.69) is 153 Å². The van der Waals surface area contributed by atoms with E-state index in [4.69, 9.17) is 9.47 Å². The van der Waals surface area contributed by atoms with E-state index < -0.39 is 49.5 Å². The van der Waals surface area contributed by atoms with Crippen molar-refractivity contribution in [1.29, 1.82) is 0 Å². The third-order valence-corrected chi connectivity index (χ3v) is 14.3. The van der Waals surface area contributed by atoms with Gasteiger partial charge in [0, 0.05) is 6.42 Å². The van der Waals surface area contributed by atoms with Crippen molar-refractivity contribution in [3.05, 3.63) is 134 Å². The van der Waals surface area contributed by atoms with Crippen LogP contribution in [0.15, 0.2) is 134 Å². The lowest BCUT2D eigenvalue weighted by Crippen LogP contribution is -2.60. The van der Waals surface area contributed by atoms with E-state index in [0.29, 0.717) is 12.8 Å². The third-order valence-electron chi connectivity index (χ3n) is 14.3. The summed E-state index contributed by atoms with van der Waals surface area (Å²) in [4.78, 5) is 13.1. The van der Waals surface area contributed by atoms with Crippen LogP contribution < -0.4 is 5.32 Å². The molecule has 0 aromatic rings. The van der Waals surface area contributed by atoms with Crippen molar-refractivity contribution in [3.63, 3.8) is 0 Å². The molecule has 79 heavy (non-hydrogen) atoms. The molecule has 0 aromatic carbocycles. The van der Waals surface area contributed by atoms with Gasteiger partial charge in [-0.25, -0.2) is 0 Å². The van der Waals surface area contributed by atoms with E-state index in [-0.39, 0.29) is 12.5 Å². The molecule has 0 radical (unpaired) electrons. The highest BCUT2D eigenvalue weighted by Crippen LogP contribution is 2.23. The van der Waals surface area contributed by atoms with Crippen molar-refractivity contribution in [1.82, 2.24) is 5.32 Å². The van der Waals surface area contributed by atoms with Crippen LogP contribution in [0.3, 0.4) is 0 Å². The number of amides is 1. The largest absolute Gasteiger partial charge is 0.394 e. The molecular weight excluding hydrogens is 983 g/mol. The molecule has 1 aliphatic heterocycles. The number of ether oxygens (including phenoxy) is 2. The van der Waals surface area contributed by atoms with Crippen LogP contribution in [0.25, 0.3) is 0 Å². The van der Waals surface area contributed by atoms with Gasteiger partial charge in [0.05, 0.1) is 25.4 Å². The predicted octanol–water partition coefficient (Wildman–Crippen LogP) is 16.9. The molecule has 1 aliphatic rings. The number of unbranched alkanes of at least 4 members (excludes halogenated alkanes) is 21. The van der Waals surface area contributed by atoms with Gasteiger partial charge in [0.25, 0.3) is 0 Å². The van der Waals surface area contributed by atoms with Crippen LogP contribution in [-0.2, 0) is 14.3 Å². The molecule has 7 unspecified atom stereocenters. The summed E-state index contributed by atoms with van der Waals surface area (Å²) in [6.45, 7) is 3.71. The summed E-state index contributed by atoms with van der Waals surface area (Å²) in [7, 11) is 0. The third kappa shape index (κ3) is 46.6. The Labute approximate surface area is 483 Å². The van der Waals surface area contributed by atoms with Gasteiger partial charge in [-0.15, -0.1) is 0 Å². The summed E-state index contributed by atoms with van der Waals surface area (Å²) in [5.41, 5.74) is 0. The van der Waals surface area contributed by atoms with Crippen molar-refractivity contribution in [2.75, 3.05) is 13.2 Å². The normalized spacial score (nSPS) is 19.5. The van der Waals surface area contributed by atoms with Gasteiger partial charge in [-0.3, -0.25) is 4.79 Å². The van der Waals surface area contributed by atoms with E-state index in [9.17, 15) is 30.3 Å². The van der Waals surface area contributed by atoms with Crippen LogP contribution in [0, 0.1) is 0 Å². The monoisotopic (exact) mass is 1100 g/mol. The number of aliphatic hydroxyl groups excluding tert-OH is 5. The summed E-state index contributed by atoms with van der Waals surface area (Å²) >= 11 is 0. The maximum Gasteiger partial charge on any atom is 0.220 e. The molecule has 0 spiro atoms. The fourth-order valence-electron chi connectivity index (χ4n) is 9.28. The first kappa shape index (κ1) is 73.3. The number of nitrogens with one attached hydrogen (secondary N) is 1. The smallest absolute Gasteiger partial charge is 0.220 e. The second kappa shape index (κ2) is 57.6. The summed E-state index contributed by atoms with van der Waals surface area (Å²) < 4.78 is 11.3. The van der Waals surface area contributed by atoms with E-state index in [1.165, 1.54) is 89.9 Å². The summed E-state index contributed by atoms with van der Waals surface area (Å²) in [6.07, 6.45) is 80.6. The highest BCUT2D eigenvalue weighted by Gasteiger charge is 2.44. The minimum Gasteiger partial charge on any atom is -0.394 e. The van der Waals surface area contributed by atoms with E-state index in [1.54, 1.807) is 0 Å². The fraction of sp³-hybridized carbons (Fsp3) is 0.671. The van der Waals surface area contributed by atoms with Crippen LogP contribution in [0.2, 0.25) is 0 Å². The van der Waals surface area contributed by atoms with Crippen LogP contribution in [0.1, 0.15) is 245 Å². The maximum absolute atomic E-state index is 13.1. The Morgan fingerprint density at radius 1 is 0.443 bits per heavy atom. The second-order valence-electron chi connectivity index (χ2n) is 21.5. The van der Waals surface area contributed by atoms with Crippen LogP contribution >= 0.6 is 0 Å². The van der Waals surface area contributed by atoms with Gasteiger partial charge in [0.2, 0.25) is 5.91 Å². The molecule has 450 valence electrons. The first-order valence-corrected chi connectivity index (χ1v) is 31.9. The molecule has 9 nitrogen and oxygen atoms in total. The molecule has 0 saturated carbocycles.